The van der Waals surface area contributed by atoms with Gasteiger partial charge in [0, 0.05) is 12.0 Å². The number of rotatable bonds is 3. The molecule has 0 aromatic heterocycles. The Kier molecular flexibility index (Phi) is 4.23. The average molecular weight is 283 g/mol. The van der Waals surface area contributed by atoms with Crippen LogP contribution in [-0.2, 0) is 6.54 Å². The molecule has 3 N–H and O–H groups in total. The average Bonchev–Trinajstić information content (AvgIpc) is 2.44. The Morgan fingerprint density at radius 3 is 2.55 bits per heavy atom. The Hall–Kier alpha value is -1.69. The normalized spacial score (nSPS) is 20.1. The molecule has 1 aromatic carbocycles. The lowest BCUT2D eigenvalue weighted by atomic mass is 9.79. The van der Waals surface area contributed by atoms with Gasteiger partial charge in [-0.25, -0.2) is 8.78 Å². The standard InChI is InChI=1S/C14H19F2N3O/c1-14(13(17)18-20)4-6-19(7-5-14)9-10-2-3-11(15)12(16)8-10/h2-3,8,20H,4-7,9H2,1H3,(H2,17,18). The van der Waals surface area contributed by atoms with Gasteiger partial charge in [0.2, 0.25) is 0 Å². The van der Waals surface area contributed by atoms with E-state index in [-0.39, 0.29) is 11.3 Å². The number of hydrogen-bond donors (Lipinski definition) is 2. The molecule has 0 bridgehead atoms. The molecule has 20 heavy (non-hydrogen) atoms. The third-order valence-electron chi connectivity index (χ3n) is 4.08. The van der Waals surface area contributed by atoms with Crippen molar-refractivity contribution in [3.8, 4) is 0 Å². The number of benzene rings is 1. The van der Waals surface area contributed by atoms with Crippen LogP contribution in [0.3, 0.4) is 0 Å². The highest BCUT2D eigenvalue weighted by Gasteiger charge is 2.34. The maximum Gasteiger partial charge on any atom is 0.159 e. The Bertz CT molecular complexity index is 511. The molecule has 0 amide bonds. The maximum absolute atomic E-state index is 13.2. The van der Waals surface area contributed by atoms with E-state index in [4.69, 9.17) is 10.9 Å². The van der Waals surface area contributed by atoms with Crippen LogP contribution < -0.4 is 5.73 Å². The molecule has 1 fully saturated rings. The van der Waals surface area contributed by atoms with Gasteiger partial charge in [0.25, 0.3) is 0 Å². The number of piperidine rings is 1. The van der Waals surface area contributed by atoms with Crippen molar-refractivity contribution in [3.05, 3.63) is 35.4 Å². The highest BCUT2D eigenvalue weighted by atomic mass is 19.2. The number of nitrogens with zero attached hydrogens (tertiary/aromatic N) is 2. The molecular formula is C14H19F2N3O. The van der Waals surface area contributed by atoms with Crippen LogP contribution in [0.15, 0.2) is 23.4 Å². The van der Waals surface area contributed by atoms with Crippen molar-refractivity contribution < 1.29 is 14.0 Å². The number of hydrogen-bond acceptors (Lipinski definition) is 3. The zero-order valence-corrected chi connectivity index (χ0v) is 11.4. The van der Waals surface area contributed by atoms with Crippen molar-refractivity contribution in [2.75, 3.05) is 13.1 Å². The molecule has 0 atom stereocenters. The lowest BCUT2D eigenvalue weighted by Gasteiger charge is -2.38. The fraction of sp³-hybridized carbons (Fsp3) is 0.500. The first-order valence-electron chi connectivity index (χ1n) is 6.59. The molecule has 6 heteroatoms. The van der Waals surface area contributed by atoms with Gasteiger partial charge in [-0.1, -0.05) is 18.1 Å². The van der Waals surface area contributed by atoms with Crippen LogP contribution in [0, 0.1) is 17.0 Å². The molecular weight excluding hydrogens is 264 g/mol. The molecule has 1 aliphatic heterocycles. The predicted molar refractivity (Wildman–Crippen MR) is 72.4 cm³/mol. The van der Waals surface area contributed by atoms with Crippen molar-refractivity contribution in [3.63, 3.8) is 0 Å². The van der Waals surface area contributed by atoms with Crippen LogP contribution in [0.2, 0.25) is 0 Å². The summed E-state index contributed by atoms with van der Waals surface area (Å²) in [5.41, 5.74) is 6.16. The van der Waals surface area contributed by atoms with Gasteiger partial charge in [-0.15, -0.1) is 0 Å². The summed E-state index contributed by atoms with van der Waals surface area (Å²) < 4.78 is 26.0. The van der Waals surface area contributed by atoms with E-state index >= 15 is 0 Å². The van der Waals surface area contributed by atoms with Crippen LogP contribution in [0.5, 0.6) is 0 Å². The third kappa shape index (κ3) is 3.07. The summed E-state index contributed by atoms with van der Waals surface area (Å²) in [6.07, 6.45) is 1.54. The molecule has 0 unspecified atom stereocenters. The predicted octanol–water partition coefficient (Wildman–Crippen LogP) is 2.31. The molecule has 1 saturated heterocycles. The summed E-state index contributed by atoms with van der Waals surface area (Å²) in [6, 6.07) is 3.97. The first-order chi connectivity index (χ1) is 9.44. The number of likely N-dealkylation sites (tertiary alicyclic amines) is 1. The number of oxime groups is 1. The van der Waals surface area contributed by atoms with Gasteiger partial charge in [-0.2, -0.15) is 0 Å². The minimum absolute atomic E-state index is 0.255. The van der Waals surface area contributed by atoms with E-state index in [9.17, 15) is 8.78 Å². The van der Waals surface area contributed by atoms with Gasteiger partial charge in [0.05, 0.1) is 0 Å². The van der Waals surface area contributed by atoms with E-state index in [1.54, 1.807) is 6.07 Å². The smallest absolute Gasteiger partial charge is 0.159 e. The minimum Gasteiger partial charge on any atom is -0.409 e. The van der Waals surface area contributed by atoms with E-state index in [1.807, 2.05) is 6.92 Å². The number of halogens is 2. The molecule has 0 saturated carbocycles. The lowest BCUT2D eigenvalue weighted by Crippen LogP contribution is -2.45. The van der Waals surface area contributed by atoms with E-state index in [1.165, 1.54) is 6.07 Å². The van der Waals surface area contributed by atoms with E-state index in [2.05, 4.69) is 10.1 Å². The van der Waals surface area contributed by atoms with Gasteiger partial charge in [0.1, 0.15) is 5.84 Å². The fourth-order valence-corrected chi connectivity index (χ4v) is 2.48. The van der Waals surface area contributed by atoms with Crippen molar-refractivity contribution >= 4 is 5.84 Å². The number of nitrogens with two attached hydrogens (primary N) is 1. The van der Waals surface area contributed by atoms with E-state index in [0.717, 1.165) is 37.6 Å². The van der Waals surface area contributed by atoms with Crippen LogP contribution in [0.4, 0.5) is 8.78 Å². The second-order valence-corrected chi connectivity index (χ2v) is 5.57. The molecule has 0 spiro atoms. The van der Waals surface area contributed by atoms with E-state index < -0.39 is 11.6 Å². The topological polar surface area (TPSA) is 61.9 Å². The zero-order valence-electron chi connectivity index (χ0n) is 11.4. The van der Waals surface area contributed by atoms with Gasteiger partial charge in [0.15, 0.2) is 11.6 Å². The largest absolute Gasteiger partial charge is 0.409 e. The fourth-order valence-electron chi connectivity index (χ4n) is 2.48. The molecule has 2 rings (SSSR count). The summed E-state index contributed by atoms with van der Waals surface area (Å²) in [5, 5.41) is 11.9. The number of amidine groups is 1. The van der Waals surface area contributed by atoms with Gasteiger partial charge < -0.3 is 10.9 Å². The first-order valence-corrected chi connectivity index (χ1v) is 6.59. The van der Waals surface area contributed by atoms with Crippen LogP contribution in [0.1, 0.15) is 25.3 Å². The van der Waals surface area contributed by atoms with Crippen molar-refractivity contribution in [2.45, 2.75) is 26.3 Å². The summed E-state index contributed by atoms with van der Waals surface area (Å²) in [5.74, 6) is -1.39. The van der Waals surface area contributed by atoms with Crippen LogP contribution in [-0.4, -0.2) is 29.0 Å². The van der Waals surface area contributed by atoms with Crippen molar-refractivity contribution in [1.29, 1.82) is 0 Å². The maximum atomic E-state index is 13.2. The Balaban J connectivity index is 1.96. The summed E-state index contributed by atoms with van der Waals surface area (Å²) in [7, 11) is 0. The highest BCUT2D eigenvalue weighted by molar-refractivity contribution is 5.85. The second-order valence-electron chi connectivity index (χ2n) is 5.57. The Morgan fingerprint density at radius 1 is 1.35 bits per heavy atom. The second kappa shape index (κ2) is 5.75. The van der Waals surface area contributed by atoms with Gasteiger partial charge >= 0.3 is 0 Å². The molecule has 4 nitrogen and oxygen atoms in total. The van der Waals surface area contributed by atoms with Crippen molar-refractivity contribution in [1.82, 2.24) is 4.90 Å². The highest BCUT2D eigenvalue weighted by Crippen LogP contribution is 2.31. The molecule has 0 radical (unpaired) electrons. The molecule has 1 aromatic rings. The Labute approximate surface area is 116 Å². The monoisotopic (exact) mass is 283 g/mol. The van der Waals surface area contributed by atoms with Crippen LogP contribution in [0.25, 0.3) is 0 Å². The molecule has 1 aliphatic rings. The summed E-state index contributed by atoms with van der Waals surface area (Å²) in [4.78, 5) is 2.15. The van der Waals surface area contributed by atoms with E-state index in [0.29, 0.717) is 6.54 Å². The summed E-state index contributed by atoms with van der Waals surface area (Å²) in [6.45, 7) is 4.08. The van der Waals surface area contributed by atoms with Gasteiger partial charge in [-0.3, -0.25) is 4.90 Å². The van der Waals surface area contributed by atoms with Crippen LogP contribution >= 0.6 is 0 Å². The lowest BCUT2D eigenvalue weighted by molar-refractivity contribution is 0.153. The Morgan fingerprint density at radius 2 is 2.00 bits per heavy atom. The quantitative estimate of drug-likeness (QED) is 0.387. The summed E-state index contributed by atoms with van der Waals surface area (Å²) >= 11 is 0. The third-order valence-corrected chi connectivity index (χ3v) is 4.08. The zero-order chi connectivity index (χ0) is 14.8. The first kappa shape index (κ1) is 14.7. The molecule has 110 valence electrons. The van der Waals surface area contributed by atoms with Crippen molar-refractivity contribution in [2.24, 2.45) is 16.3 Å². The SMILES string of the molecule is CC1(/C(N)=N/O)CCN(Cc2ccc(F)c(F)c2)CC1. The minimum atomic E-state index is -0.827. The molecule has 0 aliphatic carbocycles. The molecule has 1 heterocycles. The van der Waals surface area contributed by atoms with Gasteiger partial charge in [-0.05, 0) is 43.6 Å².